The molecule has 6 heteroatoms. The molecule has 0 radical (unpaired) electrons. The summed E-state index contributed by atoms with van der Waals surface area (Å²) in [4.78, 5) is 15.8. The molecule has 0 aliphatic carbocycles. The topological polar surface area (TPSA) is 57.7 Å². The van der Waals surface area contributed by atoms with Crippen molar-refractivity contribution >= 4 is 15.9 Å². The van der Waals surface area contributed by atoms with Crippen LogP contribution in [0.3, 0.4) is 0 Å². The number of hydrogen-bond acceptors (Lipinski definition) is 3. The Morgan fingerprint density at radius 3 is 1.65 bits per heavy atom. The molecular formula is C28H24N2O3S. The third kappa shape index (κ3) is 4.02. The standard InChI is InChI=1S/C28H24N2O3S/c31-28-26(23-15-7-2-8-16-23)30(34(32,33)25-19-11-4-12-20-25)27(24-17-9-3-10-18-24)29(28)21-22-13-5-1-6-14-22/h1-20,26-27H,21H2/t26-,27-/m1/s1. The monoisotopic (exact) mass is 468 g/mol. The molecule has 1 fully saturated rings. The quantitative estimate of drug-likeness (QED) is 0.393. The van der Waals surface area contributed by atoms with Crippen LogP contribution in [0.2, 0.25) is 0 Å². The molecule has 2 atom stereocenters. The van der Waals surface area contributed by atoms with E-state index in [2.05, 4.69) is 0 Å². The first-order valence-corrected chi connectivity index (χ1v) is 12.5. The van der Waals surface area contributed by atoms with Gasteiger partial charge < -0.3 is 4.90 Å². The van der Waals surface area contributed by atoms with E-state index in [-0.39, 0.29) is 10.8 Å². The molecule has 4 aromatic rings. The Labute approximate surface area is 199 Å². The number of hydrogen-bond donors (Lipinski definition) is 0. The molecule has 0 bridgehead atoms. The summed E-state index contributed by atoms with van der Waals surface area (Å²) in [5.41, 5.74) is 2.32. The van der Waals surface area contributed by atoms with Gasteiger partial charge in [-0.3, -0.25) is 4.79 Å². The van der Waals surface area contributed by atoms with Crippen LogP contribution in [0.5, 0.6) is 0 Å². The lowest BCUT2D eigenvalue weighted by molar-refractivity contribution is -0.130. The van der Waals surface area contributed by atoms with Gasteiger partial charge in [-0.05, 0) is 28.8 Å². The van der Waals surface area contributed by atoms with Crippen LogP contribution in [0, 0.1) is 0 Å². The molecule has 0 saturated carbocycles. The van der Waals surface area contributed by atoms with E-state index in [1.165, 1.54) is 4.31 Å². The predicted molar refractivity (Wildman–Crippen MR) is 131 cm³/mol. The molecule has 0 aromatic heterocycles. The lowest BCUT2D eigenvalue weighted by Gasteiger charge is -2.31. The second kappa shape index (κ2) is 9.25. The van der Waals surface area contributed by atoms with Crippen molar-refractivity contribution in [1.82, 2.24) is 9.21 Å². The summed E-state index contributed by atoms with van der Waals surface area (Å²) in [5.74, 6) is -0.247. The van der Waals surface area contributed by atoms with Gasteiger partial charge in [0.1, 0.15) is 12.2 Å². The van der Waals surface area contributed by atoms with Crippen molar-refractivity contribution in [3.05, 3.63) is 138 Å². The lowest BCUT2D eigenvalue weighted by Crippen LogP contribution is -2.36. The zero-order chi connectivity index (χ0) is 23.5. The van der Waals surface area contributed by atoms with Crippen LogP contribution in [0.15, 0.2) is 126 Å². The molecule has 0 spiro atoms. The van der Waals surface area contributed by atoms with Crippen molar-refractivity contribution in [3.8, 4) is 0 Å². The third-order valence-electron chi connectivity index (χ3n) is 6.04. The molecule has 0 N–H and O–H groups in total. The minimum absolute atomic E-state index is 0.159. The Morgan fingerprint density at radius 1 is 0.618 bits per heavy atom. The highest BCUT2D eigenvalue weighted by atomic mass is 32.2. The minimum Gasteiger partial charge on any atom is -0.316 e. The normalized spacial score (nSPS) is 18.8. The highest BCUT2D eigenvalue weighted by Gasteiger charge is 2.53. The molecule has 34 heavy (non-hydrogen) atoms. The molecule has 4 aromatic carbocycles. The highest BCUT2D eigenvalue weighted by molar-refractivity contribution is 7.89. The first kappa shape index (κ1) is 22.1. The van der Waals surface area contributed by atoms with Crippen LogP contribution in [0.4, 0.5) is 0 Å². The first-order chi connectivity index (χ1) is 16.6. The van der Waals surface area contributed by atoms with E-state index in [1.807, 2.05) is 91.0 Å². The van der Waals surface area contributed by atoms with Gasteiger partial charge in [-0.1, -0.05) is 109 Å². The van der Waals surface area contributed by atoms with Crippen LogP contribution in [0.1, 0.15) is 28.9 Å². The molecule has 5 nitrogen and oxygen atoms in total. The van der Waals surface area contributed by atoms with Gasteiger partial charge in [-0.25, -0.2) is 8.42 Å². The van der Waals surface area contributed by atoms with Crippen molar-refractivity contribution in [2.45, 2.75) is 23.6 Å². The van der Waals surface area contributed by atoms with E-state index in [0.717, 1.165) is 11.1 Å². The number of rotatable bonds is 6. The van der Waals surface area contributed by atoms with E-state index in [9.17, 15) is 13.2 Å². The molecule has 1 amide bonds. The summed E-state index contributed by atoms with van der Waals surface area (Å²) in [6.45, 7) is 0.295. The fourth-order valence-electron chi connectivity index (χ4n) is 4.47. The van der Waals surface area contributed by atoms with E-state index >= 15 is 0 Å². The van der Waals surface area contributed by atoms with Crippen molar-refractivity contribution in [1.29, 1.82) is 0 Å². The summed E-state index contributed by atoms with van der Waals surface area (Å²) in [5, 5.41) is 0. The number of benzene rings is 4. The summed E-state index contributed by atoms with van der Waals surface area (Å²) >= 11 is 0. The van der Waals surface area contributed by atoms with Gasteiger partial charge in [0.15, 0.2) is 0 Å². The van der Waals surface area contributed by atoms with Gasteiger partial charge in [0.25, 0.3) is 0 Å². The average molecular weight is 469 g/mol. The van der Waals surface area contributed by atoms with Crippen molar-refractivity contribution < 1.29 is 13.2 Å². The lowest BCUT2D eigenvalue weighted by atomic mass is 10.1. The van der Waals surface area contributed by atoms with Crippen LogP contribution in [-0.2, 0) is 21.4 Å². The molecule has 1 heterocycles. The van der Waals surface area contributed by atoms with Crippen LogP contribution in [-0.4, -0.2) is 23.5 Å². The van der Waals surface area contributed by atoms with Crippen molar-refractivity contribution in [3.63, 3.8) is 0 Å². The summed E-state index contributed by atoms with van der Waals surface area (Å²) in [7, 11) is -4.02. The van der Waals surface area contributed by atoms with E-state index in [1.54, 1.807) is 35.2 Å². The Hall–Kier alpha value is -3.74. The summed E-state index contributed by atoms with van der Waals surface area (Å²) in [6.07, 6.45) is -0.788. The van der Waals surface area contributed by atoms with Gasteiger partial charge in [0, 0.05) is 6.54 Å². The zero-order valence-corrected chi connectivity index (χ0v) is 19.3. The SMILES string of the molecule is O=C1[C@@H](c2ccccc2)N(S(=O)(=O)c2ccccc2)[C@H](c2ccccc2)N1Cc1ccccc1. The number of amides is 1. The molecule has 5 rings (SSSR count). The average Bonchev–Trinajstić information content (AvgIpc) is 3.19. The zero-order valence-electron chi connectivity index (χ0n) is 18.4. The van der Waals surface area contributed by atoms with Gasteiger partial charge in [-0.15, -0.1) is 0 Å². The Bertz CT molecular complexity index is 1360. The van der Waals surface area contributed by atoms with Crippen LogP contribution >= 0.6 is 0 Å². The largest absolute Gasteiger partial charge is 0.316 e. The fraction of sp³-hybridized carbons (Fsp3) is 0.107. The van der Waals surface area contributed by atoms with Crippen molar-refractivity contribution in [2.75, 3.05) is 0 Å². The van der Waals surface area contributed by atoms with Gasteiger partial charge in [0.2, 0.25) is 15.9 Å². The van der Waals surface area contributed by atoms with Crippen LogP contribution < -0.4 is 0 Å². The van der Waals surface area contributed by atoms with Crippen molar-refractivity contribution in [2.24, 2.45) is 0 Å². The van der Waals surface area contributed by atoms with Gasteiger partial charge in [0.05, 0.1) is 4.90 Å². The third-order valence-corrected chi connectivity index (χ3v) is 7.87. The number of nitrogens with zero attached hydrogens (tertiary/aromatic N) is 2. The smallest absolute Gasteiger partial charge is 0.247 e. The van der Waals surface area contributed by atoms with E-state index in [4.69, 9.17) is 0 Å². The van der Waals surface area contributed by atoms with E-state index < -0.39 is 22.2 Å². The summed E-state index contributed by atoms with van der Waals surface area (Å²) in [6, 6.07) is 35.5. The highest BCUT2D eigenvalue weighted by Crippen LogP contribution is 2.46. The van der Waals surface area contributed by atoms with Crippen LogP contribution in [0.25, 0.3) is 0 Å². The second-order valence-electron chi connectivity index (χ2n) is 8.20. The Morgan fingerprint density at radius 2 is 1.09 bits per heavy atom. The molecular weight excluding hydrogens is 444 g/mol. The second-order valence-corrected chi connectivity index (χ2v) is 10.0. The molecule has 1 aliphatic rings. The molecule has 1 saturated heterocycles. The van der Waals surface area contributed by atoms with E-state index in [0.29, 0.717) is 12.1 Å². The maximum Gasteiger partial charge on any atom is 0.247 e. The maximum absolute atomic E-state index is 14.1. The number of carbonyl (C=O) groups excluding carboxylic acids is 1. The maximum atomic E-state index is 14.1. The number of carbonyl (C=O) groups is 1. The molecule has 0 unspecified atom stereocenters. The molecule has 170 valence electrons. The first-order valence-electron chi connectivity index (χ1n) is 11.1. The van der Waals surface area contributed by atoms with Gasteiger partial charge >= 0.3 is 0 Å². The summed E-state index contributed by atoms with van der Waals surface area (Å²) < 4.78 is 29.6. The Kier molecular flexibility index (Phi) is 6.01. The predicted octanol–water partition coefficient (Wildman–Crippen LogP) is 5.16. The number of sulfonamides is 1. The van der Waals surface area contributed by atoms with Gasteiger partial charge in [-0.2, -0.15) is 4.31 Å². The molecule has 1 aliphatic heterocycles. The fourth-order valence-corrected chi connectivity index (χ4v) is 6.20. The minimum atomic E-state index is -4.02. The Balaban J connectivity index is 1.72.